The Kier molecular flexibility index (Phi) is 5.57. The van der Waals surface area contributed by atoms with Crippen molar-refractivity contribution in [3.8, 4) is 5.75 Å². The van der Waals surface area contributed by atoms with Crippen LogP contribution in [0.25, 0.3) is 0 Å². The molecule has 1 aromatic heterocycles. The van der Waals surface area contributed by atoms with Gasteiger partial charge in [0, 0.05) is 25.0 Å². The van der Waals surface area contributed by atoms with E-state index in [1.54, 1.807) is 29.5 Å². The van der Waals surface area contributed by atoms with Crippen molar-refractivity contribution in [2.45, 2.75) is 13.5 Å². The Balaban J connectivity index is 2.18. The van der Waals surface area contributed by atoms with Crippen LogP contribution < -0.4 is 0 Å². The molecule has 0 bridgehead atoms. The molecule has 0 radical (unpaired) electrons. The Morgan fingerprint density at radius 2 is 2.00 bits per heavy atom. The van der Waals surface area contributed by atoms with Crippen LogP contribution in [0.1, 0.15) is 21.5 Å². The molecule has 1 aromatic carbocycles. The maximum Gasteiger partial charge on any atom is 0.255 e. The maximum absolute atomic E-state index is 12.8. The van der Waals surface area contributed by atoms with E-state index in [1.165, 1.54) is 0 Å². The van der Waals surface area contributed by atoms with Gasteiger partial charge in [-0.25, -0.2) is 0 Å². The largest absolute Gasteiger partial charge is 0.508 e. The molecule has 0 fully saturated rings. The number of carbonyl (C=O) groups is 1. The molecule has 0 unspecified atom stereocenters. The van der Waals surface area contributed by atoms with E-state index in [4.69, 9.17) is 0 Å². The molecule has 22 heavy (non-hydrogen) atoms. The summed E-state index contributed by atoms with van der Waals surface area (Å²) in [6, 6.07) is 7.07. The van der Waals surface area contributed by atoms with Crippen molar-refractivity contribution in [2.24, 2.45) is 0 Å². The summed E-state index contributed by atoms with van der Waals surface area (Å²) in [5.74, 6) is 0.271. The van der Waals surface area contributed by atoms with E-state index in [-0.39, 0.29) is 11.7 Å². The van der Waals surface area contributed by atoms with Crippen molar-refractivity contribution >= 4 is 17.2 Å². The number of benzene rings is 1. The number of hydrogen-bond acceptors (Lipinski definition) is 4. The van der Waals surface area contributed by atoms with Crippen LogP contribution >= 0.6 is 11.3 Å². The highest BCUT2D eigenvalue weighted by molar-refractivity contribution is 7.08. The predicted molar refractivity (Wildman–Crippen MR) is 90.5 cm³/mol. The van der Waals surface area contributed by atoms with Crippen LogP contribution in [0.4, 0.5) is 0 Å². The van der Waals surface area contributed by atoms with Gasteiger partial charge in [0.2, 0.25) is 0 Å². The van der Waals surface area contributed by atoms with Crippen LogP contribution in [0.5, 0.6) is 5.75 Å². The first-order chi connectivity index (χ1) is 10.5. The standard InChI is InChI=1S/C17H22N2O2S/c1-13-11-22-12-16(13)17(21)19(8-7-18(2)3)10-14-5-4-6-15(20)9-14/h4-6,9,11-12,20H,7-8,10H2,1-3H3. The third-order valence-corrected chi connectivity index (χ3v) is 4.34. The summed E-state index contributed by atoms with van der Waals surface area (Å²) >= 11 is 1.55. The van der Waals surface area contributed by atoms with E-state index >= 15 is 0 Å². The van der Waals surface area contributed by atoms with Crippen molar-refractivity contribution in [1.29, 1.82) is 0 Å². The summed E-state index contributed by atoms with van der Waals surface area (Å²) in [5.41, 5.74) is 2.71. The van der Waals surface area contributed by atoms with Crippen LogP contribution in [-0.4, -0.2) is 48.0 Å². The molecular weight excluding hydrogens is 296 g/mol. The zero-order valence-corrected chi connectivity index (χ0v) is 14.1. The minimum atomic E-state index is 0.0453. The number of aryl methyl sites for hydroxylation is 1. The minimum absolute atomic E-state index is 0.0453. The average molecular weight is 318 g/mol. The summed E-state index contributed by atoms with van der Waals surface area (Å²) in [4.78, 5) is 16.7. The van der Waals surface area contributed by atoms with Crippen molar-refractivity contribution in [3.63, 3.8) is 0 Å². The molecule has 2 aromatic rings. The summed E-state index contributed by atoms with van der Waals surface area (Å²) in [6.45, 7) is 3.91. The van der Waals surface area contributed by atoms with Crippen molar-refractivity contribution in [2.75, 3.05) is 27.2 Å². The second-order valence-corrected chi connectivity index (χ2v) is 6.41. The number of carbonyl (C=O) groups excluding carboxylic acids is 1. The van der Waals surface area contributed by atoms with Crippen LogP contribution in [0.2, 0.25) is 0 Å². The summed E-state index contributed by atoms with van der Waals surface area (Å²) in [5, 5.41) is 13.5. The highest BCUT2D eigenvalue weighted by Crippen LogP contribution is 2.19. The van der Waals surface area contributed by atoms with Gasteiger partial charge in [-0.3, -0.25) is 4.79 Å². The smallest absolute Gasteiger partial charge is 0.255 e. The second kappa shape index (κ2) is 7.42. The van der Waals surface area contributed by atoms with Crippen LogP contribution in [0, 0.1) is 6.92 Å². The number of thiophene rings is 1. The van der Waals surface area contributed by atoms with Crippen LogP contribution in [0.15, 0.2) is 35.0 Å². The number of aromatic hydroxyl groups is 1. The highest BCUT2D eigenvalue weighted by Gasteiger charge is 2.18. The Hall–Kier alpha value is -1.85. The number of amides is 1. The molecule has 4 nitrogen and oxygen atoms in total. The molecule has 0 saturated carbocycles. The molecule has 1 heterocycles. The molecule has 1 N–H and O–H groups in total. The average Bonchev–Trinajstić information content (AvgIpc) is 2.88. The lowest BCUT2D eigenvalue weighted by Gasteiger charge is -2.24. The fourth-order valence-electron chi connectivity index (χ4n) is 2.20. The predicted octanol–water partition coefficient (Wildman–Crippen LogP) is 2.97. The number of nitrogens with zero attached hydrogens (tertiary/aromatic N) is 2. The fourth-order valence-corrected chi connectivity index (χ4v) is 3.02. The van der Waals surface area contributed by atoms with Gasteiger partial charge in [0.05, 0.1) is 5.56 Å². The summed E-state index contributed by atoms with van der Waals surface area (Å²) in [6.07, 6.45) is 0. The van der Waals surface area contributed by atoms with Crippen LogP contribution in [-0.2, 0) is 6.54 Å². The Morgan fingerprint density at radius 1 is 1.23 bits per heavy atom. The molecule has 0 saturated heterocycles. The molecule has 0 spiro atoms. The summed E-state index contributed by atoms with van der Waals surface area (Å²) in [7, 11) is 3.99. The fraction of sp³-hybridized carbons (Fsp3) is 0.353. The van der Waals surface area contributed by atoms with E-state index in [9.17, 15) is 9.90 Å². The molecule has 0 aliphatic rings. The zero-order chi connectivity index (χ0) is 16.1. The maximum atomic E-state index is 12.8. The lowest BCUT2D eigenvalue weighted by atomic mass is 10.1. The van der Waals surface area contributed by atoms with Gasteiger partial charge in [-0.2, -0.15) is 11.3 Å². The molecular formula is C17H22N2O2S. The van der Waals surface area contributed by atoms with Gasteiger partial charge in [0.1, 0.15) is 5.75 Å². The Labute approximate surface area is 135 Å². The van der Waals surface area contributed by atoms with Gasteiger partial charge in [-0.05, 0) is 49.7 Å². The van der Waals surface area contributed by atoms with Crippen LogP contribution in [0.3, 0.4) is 0 Å². The third kappa shape index (κ3) is 4.32. The lowest BCUT2D eigenvalue weighted by molar-refractivity contribution is 0.0731. The van der Waals surface area contributed by atoms with E-state index in [2.05, 4.69) is 4.90 Å². The van der Waals surface area contributed by atoms with E-state index in [0.29, 0.717) is 13.1 Å². The van der Waals surface area contributed by atoms with Gasteiger partial charge in [0.25, 0.3) is 5.91 Å². The number of hydrogen-bond donors (Lipinski definition) is 1. The van der Waals surface area contributed by atoms with Crippen molar-refractivity contribution in [1.82, 2.24) is 9.80 Å². The first kappa shape index (κ1) is 16.5. The highest BCUT2D eigenvalue weighted by atomic mass is 32.1. The number of likely N-dealkylation sites (N-methyl/N-ethyl adjacent to an activating group) is 1. The van der Waals surface area contributed by atoms with E-state index in [1.807, 2.05) is 42.7 Å². The normalized spacial score (nSPS) is 10.9. The third-order valence-electron chi connectivity index (χ3n) is 3.47. The zero-order valence-electron chi connectivity index (χ0n) is 13.2. The van der Waals surface area contributed by atoms with E-state index in [0.717, 1.165) is 23.2 Å². The number of rotatable bonds is 6. The first-order valence-electron chi connectivity index (χ1n) is 7.22. The SMILES string of the molecule is Cc1cscc1C(=O)N(CCN(C)C)Cc1cccc(O)c1. The molecule has 118 valence electrons. The van der Waals surface area contributed by atoms with Gasteiger partial charge in [-0.1, -0.05) is 12.1 Å². The monoisotopic (exact) mass is 318 g/mol. The molecule has 0 atom stereocenters. The van der Waals surface area contributed by atoms with Gasteiger partial charge in [-0.15, -0.1) is 0 Å². The van der Waals surface area contributed by atoms with Gasteiger partial charge in [0.15, 0.2) is 0 Å². The quantitative estimate of drug-likeness (QED) is 0.890. The van der Waals surface area contributed by atoms with Crippen molar-refractivity contribution < 1.29 is 9.90 Å². The summed E-state index contributed by atoms with van der Waals surface area (Å²) < 4.78 is 0. The number of phenols is 1. The molecule has 2 rings (SSSR count). The lowest BCUT2D eigenvalue weighted by Crippen LogP contribution is -2.36. The molecule has 5 heteroatoms. The first-order valence-corrected chi connectivity index (χ1v) is 8.16. The molecule has 1 amide bonds. The number of phenolic OH excluding ortho intramolecular Hbond substituents is 1. The van der Waals surface area contributed by atoms with Gasteiger partial charge >= 0.3 is 0 Å². The topological polar surface area (TPSA) is 43.8 Å². The van der Waals surface area contributed by atoms with E-state index < -0.39 is 0 Å². The van der Waals surface area contributed by atoms with Crippen molar-refractivity contribution in [3.05, 3.63) is 51.7 Å². The Morgan fingerprint density at radius 3 is 2.59 bits per heavy atom. The Bertz CT molecular complexity index is 637. The molecule has 0 aliphatic carbocycles. The second-order valence-electron chi connectivity index (χ2n) is 5.67. The van der Waals surface area contributed by atoms with Gasteiger partial charge < -0.3 is 14.9 Å². The molecule has 0 aliphatic heterocycles. The minimum Gasteiger partial charge on any atom is -0.508 e.